The Morgan fingerprint density at radius 2 is 1.81 bits per heavy atom. The molecule has 2 rings (SSSR count). The van der Waals surface area contributed by atoms with Crippen molar-refractivity contribution in [1.29, 1.82) is 0 Å². The maximum atomic E-state index is 12.8. The molecule has 1 aliphatic rings. The summed E-state index contributed by atoms with van der Waals surface area (Å²) >= 11 is 0. The van der Waals surface area contributed by atoms with E-state index in [1.54, 1.807) is 20.8 Å². The fraction of sp³-hybridized carbons (Fsp3) is 0.444. The number of anilines is 2. The van der Waals surface area contributed by atoms with Crippen LogP contribution in [0.3, 0.4) is 0 Å². The van der Waals surface area contributed by atoms with E-state index < -0.39 is 35.0 Å². The number of amides is 2. The van der Waals surface area contributed by atoms with Crippen molar-refractivity contribution in [2.75, 3.05) is 24.4 Å². The molecule has 2 amide bonds. The lowest BCUT2D eigenvalue weighted by Gasteiger charge is -2.24. The van der Waals surface area contributed by atoms with Crippen LogP contribution in [0.2, 0.25) is 0 Å². The molecule has 1 aromatic carbocycles. The van der Waals surface area contributed by atoms with Crippen molar-refractivity contribution in [2.45, 2.75) is 38.7 Å². The lowest BCUT2D eigenvalue weighted by Crippen LogP contribution is -2.43. The average molecular weight is 378 g/mol. The third-order valence-corrected chi connectivity index (χ3v) is 4.19. The number of nitrogens with one attached hydrogen (secondary N) is 1. The number of benzene rings is 1. The molecule has 9 heteroatoms. The number of methoxy groups -OCH3 is 1. The zero-order valence-electron chi connectivity index (χ0n) is 16.0. The summed E-state index contributed by atoms with van der Waals surface area (Å²) in [7, 11) is 2.56. The second-order valence-corrected chi connectivity index (χ2v) is 7.33. The van der Waals surface area contributed by atoms with Crippen molar-refractivity contribution >= 4 is 35.3 Å². The largest absolute Gasteiger partial charge is 0.478 e. The Labute approximate surface area is 156 Å². The Balaban J connectivity index is 2.68. The second kappa shape index (κ2) is 6.57. The first-order chi connectivity index (χ1) is 12.3. The number of carbonyl (C=O) groups excluding carboxylic acids is 3. The van der Waals surface area contributed by atoms with E-state index in [1.807, 2.05) is 0 Å². The molecular weight excluding hydrogens is 356 g/mol. The Bertz CT molecular complexity index is 841. The van der Waals surface area contributed by atoms with E-state index in [1.165, 1.54) is 31.0 Å². The molecule has 0 radical (unpaired) electrons. The Kier molecular flexibility index (Phi) is 4.92. The topological polar surface area (TPSA) is 122 Å². The summed E-state index contributed by atoms with van der Waals surface area (Å²) in [6, 6.07) is 2.45. The number of carbonyl (C=O) groups is 4. The number of esters is 1. The highest BCUT2D eigenvalue weighted by Crippen LogP contribution is 2.46. The van der Waals surface area contributed by atoms with Gasteiger partial charge in [0.1, 0.15) is 5.60 Å². The van der Waals surface area contributed by atoms with Crippen LogP contribution in [0.5, 0.6) is 0 Å². The Hall–Kier alpha value is -3.10. The number of nitrogens with zero attached hydrogens (tertiary/aromatic N) is 1. The number of hydrogen-bond acceptors (Lipinski definition) is 6. The van der Waals surface area contributed by atoms with Crippen LogP contribution in [0.15, 0.2) is 12.1 Å². The molecule has 146 valence electrons. The molecule has 1 unspecified atom stereocenters. The highest BCUT2D eigenvalue weighted by atomic mass is 16.6. The fourth-order valence-electron chi connectivity index (χ4n) is 3.00. The number of aromatic carboxylic acids is 1. The van der Waals surface area contributed by atoms with Crippen LogP contribution < -0.4 is 10.2 Å². The molecule has 2 N–H and O–H groups in total. The van der Waals surface area contributed by atoms with Gasteiger partial charge in [-0.3, -0.25) is 14.9 Å². The highest BCUT2D eigenvalue weighted by molar-refractivity contribution is 6.22. The fourth-order valence-corrected chi connectivity index (χ4v) is 3.00. The molecule has 0 saturated heterocycles. The number of carboxylic acid groups (broad SMARTS) is 1. The maximum Gasteiger partial charge on any atom is 0.412 e. The van der Waals surface area contributed by atoms with Gasteiger partial charge in [-0.1, -0.05) is 0 Å². The summed E-state index contributed by atoms with van der Waals surface area (Å²) in [6.45, 7) is 6.37. The van der Waals surface area contributed by atoms with Crippen LogP contribution in [0.25, 0.3) is 0 Å². The molecule has 1 aliphatic heterocycles. The predicted molar refractivity (Wildman–Crippen MR) is 96.0 cm³/mol. The van der Waals surface area contributed by atoms with Gasteiger partial charge < -0.3 is 19.5 Å². The SMILES string of the molecule is COC(=O)C1(C)C(=O)N(C)c2cc(C(=O)O)cc(NC(=O)OC(C)(C)C)c21. The number of ether oxygens (including phenoxy) is 2. The first-order valence-electron chi connectivity index (χ1n) is 8.11. The van der Waals surface area contributed by atoms with Crippen LogP contribution in [0.1, 0.15) is 43.6 Å². The zero-order valence-corrected chi connectivity index (χ0v) is 16.0. The van der Waals surface area contributed by atoms with E-state index in [9.17, 15) is 24.3 Å². The van der Waals surface area contributed by atoms with Crippen LogP contribution in [-0.2, 0) is 24.5 Å². The van der Waals surface area contributed by atoms with Crippen LogP contribution >= 0.6 is 0 Å². The van der Waals surface area contributed by atoms with Gasteiger partial charge in [0.25, 0.3) is 0 Å². The van der Waals surface area contributed by atoms with E-state index in [0.29, 0.717) is 0 Å². The molecule has 0 aliphatic carbocycles. The van der Waals surface area contributed by atoms with Gasteiger partial charge in [-0.25, -0.2) is 9.59 Å². The van der Waals surface area contributed by atoms with Crippen molar-refractivity contribution in [3.63, 3.8) is 0 Å². The molecule has 0 aromatic heterocycles. The number of fused-ring (bicyclic) bond motifs is 1. The third-order valence-electron chi connectivity index (χ3n) is 4.19. The van der Waals surface area contributed by atoms with Crippen LogP contribution in [0.4, 0.5) is 16.2 Å². The van der Waals surface area contributed by atoms with E-state index in [2.05, 4.69) is 5.32 Å². The summed E-state index contributed by atoms with van der Waals surface area (Å²) in [5, 5.41) is 11.8. The van der Waals surface area contributed by atoms with Crippen molar-refractivity contribution in [3.05, 3.63) is 23.3 Å². The minimum atomic E-state index is -1.74. The summed E-state index contributed by atoms with van der Waals surface area (Å²) < 4.78 is 9.98. The molecule has 27 heavy (non-hydrogen) atoms. The predicted octanol–water partition coefficient (Wildman–Crippen LogP) is 2.14. The standard InChI is InChI=1S/C18H22N2O7/c1-17(2,3)27-16(25)19-10-7-9(13(21)22)8-11-12(10)18(4,15(24)26-6)14(23)20(11)5/h7-8H,1-6H3,(H,19,25)(H,21,22). The van der Waals surface area contributed by atoms with Gasteiger partial charge in [-0.15, -0.1) is 0 Å². The van der Waals surface area contributed by atoms with Crippen molar-refractivity contribution in [2.24, 2.45) is 0 Å². The summed E-state index contributed by atoms with van der Waals surface area (Å²) in [6.07, 6.45) is -0.846. The number of carboxylic acids is 1. The first-order valence-corrected chi connectivity index (χ1v) is 8.11. The summed E-state index contributed by atoms with van der Waals surface area (Å²) in [4.78, 5) is 50.0. The van der Waals surface area contributed by atoms with E-state index in [4.69, 9.17) is 9.47 Å². The van der Waals surface area contributed by atoms with Gasteiger partial charge in [0.2, 0.25) is 5.91 Å². The van der Waals surface area contributed by atoms with E-state index in [0.717, 1.165) is 7.11 Å². The highest BCUT2D eigenvalue weighted by Gasteiger charge is 2.54. The van der Waals surface area contributed by atoms with Gasteiger partial charge in [-0.2, -0.15) is 0 Å². The van der Waals surface area contributed by atoms with Crippen LogP contribution in [-0.4, -0.2) is 48.8 Å². The van der Waals surface area contributed by atoms with Crippen molar-refractivity contribution < 1.29 is 33.8 Å². The Morgan fingerprint density at radius 1 is 1.22 bits per heavy atom. The minimum Gasteiger partial charge on any atom is -0.478 e. The second-order valence-electron chi connectivity index (χ2n) is 7.33. The van der Waals surface area contributed by atoms with E-state index >= 15 is 0 Å². The molecular formula is C18H22N2O7. The average Bonchev–Trinajstić information content (AvgIpc) is 2.75. The molecule has 1 atom stereocenters. The molecule has 9 nitrogen and oxygen atoms in total. The van der Waals surface area contributed by atoms with Crippen LogP contribution in [0, 0.1) is 0 Å². The molecule has 1 aromatic rings. The third kappa shape index (κ3) is 3.44. The van der Waals surface area contributed by atoms with Crippen molar-refractivity contribution in [1.82, 2.24) is 0 Å². The molecule has 1 heterocycles. The minimum absolute atomic E-state index is 0.00949. The van der Waals surface area contributed by atoms with Gasteiger partial charge in [-0.05, 0) is 39.8 Å². The number of rotatable bonds is 3. The molecule has 0 bridgehead atoms. The molecule has 0 saturated carbocycles. The number of hydrogen-bond donors (Lipinski definition) is 2. The van der Waals surface area contributed by atoms with Gasteiger partial charge >= 0.3 is 18.0 Å². The van der Waals surface area contributed by atoms with Gasteiger partial charge in [0.15, 0.2) is 5.41 Å². The number of likely N-dealkylation sites (N-methyl/N-ethyl adjacent to an activating group) is 1. The van der Waals surface area contributed by atoms with Crippen molar-refractivity contribution in [3.8, 4) is 0 Å². The van der Waals surface area contributed by atoms with E-state index in [-0.39, 0.29) is 22.5 Å². The van der Waals surface area contributed by atoms with Gasteiger partial charge in [0.05, 0.1) is 24.0 Å². The monoisotopic (exact) mass is 378 g/mol. The smallest absolute Gasteiger partial charge is 0.412 e. The maximum absolute atomic E-state index is 12.8. The quantitative estimate of drug-likeness (QED) is 0.610. The lowest BCUT2D eigenvalue weighted by molar-refractivity contribution is -0.150. The molecule has 0 fully saturated rings. The first kappa shape index (κ1) is 20.2. The van der Waals surface area contributed by atoms with Gasteiger partial charge in [0, 0.05) is 12.6 Å². The molecule has 0 spiro atoms. The summed E-state index contributed by atoms with van der Waals surface area (Å²) in [5.41, 5.74) is -2.36. The Morgan fingerprint density at radius 3 is 2.30 bits per heavy atom. The lowest BCUT2D eigenvalue weighted by atomic mass is 9.82. The summed E-state index contributed by atoms with van der Waals surface area (Å²) in [5.74, 6) is -2.68. The normalized spacial score (nSPS) is 18.7. The zero-order chi connectivity index (χ0) is 20.7.